The van der Waals surface area contributed by atoms with Crippen molar-refractivity contribution in [3.63, 3.8) is 0 Å². The molecule has 0 bridgehead atoms. The van der Waals surface area contributed by atoms with Crippen LogP contribution in [0.15, 0.2) is 42.6 Å². The lowest BCUT2D eigenvalue weighted by molar-refractivity contribution is -0.139. The third-order valence-electron chi connectivity index (χ3n) is 6.20. The van der Waals surface area contributed by atoms with E-state index in [1.165, 1.54) is 19.2 Å². The predicted molar refractivity (Wildman–Crippen MR) is 140 cm³/mol. The van der Waals surface area contributed by atoms with E-state index in [1.54, 1.807) is 32.1 Å². The summed E-state index contributed by atoms with van der Waals surface area (Å²) in [5.41, 5.74) is 6.38. The number of aromatic nitrogens is 2. The first kappa shape index (κ1) is 27.1. The van der Waals surface area contributed by atoms with Gasteiger partial charge in [-0.2, -0.15) is 18.2 Å². The molecule has 0 aliphatic carbocycles. The number of hydrogen-bond donors (Lipinski definition) is 3. The average Bonchev–Trinajstić information content (AvgIpc) is 2.87. The summed E-state index contributed by atoms with van der Waals surface area (Å²) in [6.07, 6.45) is -2.40. The average molecular weight is 528 g/mol. The Labute approximate surface area is 218 Å². The number of rotatable bonds is 7. The van der Waals surface area contributed by atoms with E-state index in [1.807, 2.05) is 7.05 Å². The molecular formula is C25H28BF3N6O3. The number of carbonyl (C=O) groups excluding carboxylic acids is 1. The van der Waals surface area contributed by atoms with Crippen molar-refractivity contribution in [3.05, 3.63) is 53.7 Å². The van der Waals surface area contributed by atoms with E-state index in [-0.39, 0.29) is 35.1 Å². The van der Waals surface area contributed by atoms with Gasteiger partial charge in [0.1, 0.15) is 19.2 Å². The number of ether oxygens (including phenoxy) is 2. The maximum atomic E-state index is 13.6. The second-order valence-corrected chi connectivity index (χ2v) is 9.14. The number of alkyl halides is 3. The fourth-order valence-electron chi connectivity index (χ4n) is 4.01. The monoisotopic (exact) mass is 528 g/mol. The van der Waals surface area contributed by atoms with E-state index in [2.05, 4.69) is 25.5 Å². The van der Waals surface area contributed by atoms with Gasteiger partial charge in [-0.25, -0.2) is 4.98 Å². The number of amides is 1. The molecule has 0 spiro atoms. The fraction of sp³-hybridized carbons (Fsp3) is 0.320. The van der Waals surface area contributed by atoms with Crippen molar-refractivity contribution in [1.29, 1.82) is 0 Å². The molecule has 200 valence electrons. The van der Waals surface area contributed by atoms with Crippen molar-refractivity contribution < 1.29 is 27.4 Å². The minimum atomic E-state index is -4.76. The summed E-state index contributed by atoms with van der Waals surface area (Å²) in [5.74, 6) is -0.782. The van der Waals surface area contributed by atoms with Gasteiger partial charge >= 0.3 is 6.18 Å². The molecule has 1 amide bonds. The van der Waals surface area contributed by atoms with Crippen LogP contribution in [0.3, 0.4) is 0 Å². The molecule has 3 aromatic rings. The first-order chi connectivity index (χ1) is 18.0. The van der Waals surface area contributed by atoms with E-state index >= 15 is 0 Å². The number of nitrogens with two attached hydrogens (primary N) is 1. The quantitative estimate of drug-likeness (QED) is 0.317. The maximum Gasteiger partial charge on any atom is 0.423 e. The molecular weight excluding hydrogens is 500 g/mol. The summed E-state index contributed by atoms with van der Waals surface area (Å²) in [6, 6.07) is 9.55. The smallest absolute Gasteiger partial charge is 0.423 e. The minimum Gasteiger partial charge on any atom is -0.495 e. The molecule has 9 nitrogen and oxygen atoms in total. The molecule has 1 fully saturated rings. The van der Waals surface area contributed by atoms with E-state index in [0.717, 1.165) is 31.4 Å². The van der Waals surface area contributed by atoms with Crippen LogP contribution in [0.4, 0.5) is 30.5 Å². The number of likely N-dealkylation sites (tertiary alicyclic amines) is 1. The van der Waals surface area contributed by atoms with Crippen LogP contribution in [0.2, 0.25) is 0 Å². The van der Waals surface area contributed by atoms with Crippen LogP contribution in [-0.2, 0) is 6.18 Å². The number of nitrogens with one attached hydrogen (secondary N) is 2. The highest BCUT2D eigenvalue weighted by molar-refractivity contribution is 6.32. The summed E-state index contributed by atoms with van der Waals surface area (Å²) in [5, 5.41) is 5.88. The zero-order valence-corrected chi connectivity index (χ0v) is 21.2. The van der Waals surface area contributed by atoms with Gasteiger partial charge in [0.05, 0.1) is 18.5 Å². The summed E-state index contributed by atoms with van der Waals surface area (Å²) in [6.45, 7) is 1.82. The molecule has 38 heavy (non-hydrogen) atoms. The van der Waals surface area contributed by atoms with Crippen LogP contribution >= 0.6 is 0 Å². The van der Waals surface area contributed by atoms with Gasteiger partial charge in [-0.1, -0.05) is 11.5 Å². The zero-order valence-electron chi connectivity index (χ0n) is 21.2. The highest BCUT2D eigenvalue weighted by Crippen LogP contribution is 2.38. The lowest BCUT2D eigenvalue weighted by Crippen LogP contribution is -2.43. The third-order valence-corrected chi connectivity index (χ3v) is 6.20. The van der Waals surface area contributed by atoms with E-state index in [4.69, 9.17) is 15.2 Å². The Hall–Kier alpha value is -4.00. The van der Waals surface area contributed by atoms with Crippen molar-refractivity contribution >= 4 is 36.5 Å². The lowest BCUT2D eigenvalue weighted by atomic mass is 9.96. The third kappa shape index (κ3) is 6.46. The summed E-state index contributed by atoms with van der Waals surface area (Å²) in [4.78, 5) is 22.7. The largest absolute Gasteiger partial charge is 0.495 e. The van der Waals surface area contributed by atoms with Crippen LogP contribution in [0.5, 0.6) is 17.4 Å². The summed E-state index contributed by atoms with van der Waals surface area (Å²) in [7, 11) is 5.22. The Balaban J connectivity index is 1.56. The number of nitrogens with zero attached hydrogens (tertiary/aromatic N) is 3. The molecule has 1 aromatic heterocycles. The molecule has 0 atom stereocenters. The second-order valence-electron chi connectivity index (χ2n) is 9.14. The molecule has 1 saturated heterocycles. The molecule has 1 aliphatic heterocycles. The van der Waals surface area contributed by atoms with Gasteiger partial charge < -0.3 is 30.7 Å². The van der Waals surface area contributed by atoms with Crippen molar-refractivity contribution in [2.45, 2.75) is 25.1 Å². The summed E-state index contributed by atoms with van der Waals surface area (Å²) < 4.78 is 51.8. The Morgan fingerprint density at radius 3 is 2.58 bits per heavy atom. The van der Waals surface area contributed by atoms with Gasteiger partial charge in [0, 0.05) is 17.8 Å². The van der Waals surface area contributed by atoms with Gasteiger partial charge in [0.15, 0.2) is 5.75 Å². The first-order valence-corrected chi connectivity index (χ1v) is 12.0. The van der Waals surface area contributed by atoms with Crippen LogP contribution in [0.25, 0.3) is 0 Å². The highest BCUT2D eigenvalue weighted by Gasteiger charge is 2.36. The minimum absolute atomic E-state index is 0.0395. The van der Waals surface area contributed by atoms with Crippen LogP contribution in [0.1, 0.15) is 28.8 Å². The van der Waals surface area contributed by atoms with Crippen molar-refractivity contribution in [1.82, 2.24) is 20.2 Å². The molecule has 2 aromatic carbocycles. The summed E-state index contributed by atoms with van der Waals surface area (Å²) >= 11 is 0. The Kier molecular flexibility index (Phi) is 7.95. The number of anilines is 3. The Morgan fingerprint density at radius 2 is 1.89 bits per heavy atom. The predicted octanol–water partition coefficient (Wildman–Crippen LogP) is 2.70. The van der Waals surface area contributed by atoms with Gasteiger partial charge in [-0.15, -0.1) is 0 Å². The Bertz CT molecular complexity index is 1320. The van der Waals surface area contributed by atoms with Crippen molar-refractivity contribution in [3.8, 4) is 17.4 Å². The maximum absolute atomic E-state index is 13.6. The van der Waals surface area contributed by atoms with Crippen LogP contribution < -0.4 is 31.3 Å². The van der Waals surface area contributed by atoms with Gasteiger partial charge in [0.25, 0.3) is 5.91 Å². The molecule has 0 radical (unpaired) electrons. The molecule has 0 unspecified atom stereocenters. The number of halogens is 3. The topological polar surface area (TPSA) is 115 Å². The van der Waals surface area contributed by atoms with Crippen LogP contribution in [-0.4, -0.2) is 61.9 Å². The molecule has 0 saturated carbocycles. The Morgan fingerprint density at radius 1 is 1.16 bits per heavy atom. The molecule has 13 heteroatoms. The normalized spacial score (nSPS) is 14.7. The lowest BCUT2D eigenvalue weighted by Gasteiger charge is -2.29. The van der Waals surface area contributed by atoms with E-state index in [9.17, 15) is 18.0 Å². The number of methoxy groups -OCH3 is 1. The van der Waals surface area contributed by atoms with Crippen molar-refractivity contribution in [2.24, 2.45) is 0 Å². The molecule has 4 rings (SSSR count). The number of nitrogen functional groups attached to an aromatic ring is 1. The standard InChI is InChI=1S/C25H28BF3N6O3/c1-35-9-7-16(8-10-35)32-22(36)14-3-6-19(21(11-14)37-2)33-24-31-13-17(25(27,28)29)23(34-24)38-20-12-15(26)4-5-18(20)30/h3-6,11-13,16H,7-10,26,30H2,1-2H3,(H,32,36)(H,31,33,34). The van der Waals surface area contributed by atoms with E-state index < -0.39 is 17.6 Å². The number of benzene rings is 2. The SMILES string of the molecule is Bc1ccc(N)c(Oc2nc(Nc3ccc(C(=O)NC4CCN(C)CC4)cc3OC)ncc2C(F)(F)F)c1. The number of hydrogen-bond acceptors (Lipinski definition) is 8. The highest BCUT2D eigenvalue weighted by atomic mass is 19.4. The van der Waals surface area contributed by atoms with Crippen molar-refractivity contribution in [2.75, 3.05) is 38.3 Å². The van der Waals surface area contributed by atoms with Crippen LogP contribution in [0, 0.1) is 0 Å². The van der Waals surface area contributed by atoms with E-state index in [0.29, 0.717) is 17.4 Å². The van der Waals surface area contributed by atoms with Gasteiger partial charge in [-0.3, -0.25) is 4.79 Å². The molecule has 4 N–H and O–H groups in total. The number of piperidine rings is 1. The number of carbonyl (C=O) groups is 1. The zero-order chi connectivity index (χ0) is 27.4. The van der Waals surface area contributed by atoms with Gasteiger partial charge in [0.2, 0.25) is 11.8 Å². The molecule has 1 aliphatic rings. The molecule has 2 heterocycles. The fourth-order valence-corrected chi connectivity index (χ4v) is 4.01. The van der Waals surface area contributed by atoms with Gasteiger partial charge in [-0.05, 0) is 63.3 Å². The first-order valence-electron chi connectivity index (χ1n) is 12.0. The second kappa shape index (κ2) is 11.2.